The lowest BCUT2D eigenvalue weighted by atomic mass is 9.91. The van der Waals surface area contributed by atoms with Crippen LogP contribution in [-0.4, -0.2) is 41.6 Å². The molecule has 3 N–H and O–H groups in total. The number of nitrogens with one attached hydrogen (secondary N) is 2. The fraction of sp³-hybridized carbons (Fsp3) is 0.235. The van der Waals surface area contributed by atoms with Gasteiger partial charge in [-0.05, 0) is 35.6 Å². The largest absolute Gasteiger partial charge is 0.481 e. The number of anilines is 1. The van der Waals surface area contributed by atoms with Crippen LogP contribution in [0, 0.1) is 5.92 Å². The number of ether oxygens (including phenoxy) is 1. The molecule has 0 aliphatic heterocycles. The molecule has 44 heavy (non-hydrogen) atoms. The van der Waals surface area contributed by atoms with Crippen LogP contribution in [0.4, 0.5) is 10.7 Å². The van der Waals surface area contributed by atoms with Gasteiger partial charge in [0.1, 0.15) is 19.2 Å². The Labute approximate surface area is 255 Å². The average Bonchev–Trinajstić information content (AvgIpc) is 3.59. The van der Waals surface area contributed by atoms with Crippen molar-refractivity contribution < 1.29 is 33.4 Å². The summed E-state index contributed by atoms with van der Waals surface area (Å²) >= 11 is 0. The monoisotopic (exact) mass is 597 g/mol. The Morgan fingerprint density at radius 3 is 2.00 bits per heavy atom. The van der Waals surface area contributed by atoms with E-state index >= 15 is 0 Å². The van der Waals surface area contributed by atoms with Gasteiger partial charge in [0, 0.05) is 6.07 Å². The molecule has 0 aliphatic carbocycles. The third-order valence-electron chi connectivity index (χ3n) is 7.06. The normalized spacial score (nSPS) is 12.8. The van der Waals surface area contributed by atoms with Gasteiger partial charge >= 0.3 is 12.1 Å². The summed E-state index contributed by atoms with van der Waals surface area (Å²) in [5.74, 6) is -4.03. The Bertz CT molecular complexity index is 1500. The first kappa shape index (κ1) is 31.6. The molecule has 1 aromatic heterocycles. The molecule has 10 nitrogen and oxygen atoms in total. The lowest BCUT2D eigenvalue weighted by Crippen LogP contribution is -2.56. The standard InChI is InChI=1S/C34H35N3O7/c1-2-28(26-17-10-5-11-18-26)35-29(38)22-37(30-19-12-20-43-30)32(39)31(27(33(40)41)21-24-13-6-3-7-14-24)36-34(42)44-23-25-15-8-4-9-16-25/h3-20,27-28,31H,2,21-23H2,1H3,(H,35,38)(H,36,42)(H,40,41)/t27-,28-,31-/m0/s1. The molecule has 0 unspecified atom stereocenters. The third kappa shape index (κ3) is 8.81. The number of benzene rings is 3. The molecule has 10 heteroatoms. The van der Waals surface area contributed by atoms with E-state index in [9.17, 15) is 24.3 Å². The van der Waals surface area contributed by atoms with Crippen LogP contribution in [0.3, 0.4) is 0 Å². The number of aliphatic carboxylic acids is 1. The Hall–Kier alpha value is -5.38. The number of carboxylic acids is 1. The third-order valence-corrected chi connectivity index (χ3v) is 7.06. The number of alkyl carbamates (subject to hydrolysis) is 1. The quantitative estimate of drug-likeness (QED) is 0.183. The summed E-state index contributed by atoms with van der Waals surface area (Å²) in [7, 11) is 0. The minimum absolute atomic E-state index is 0.0196. The summed E-state index contributed by atoms with van der Waals surface area (Å²) in [5, 5.41) is 15.7. The number of furan rings is 1. The van der Waals surface area contributed by atoms with Crippen LogP contribution >= 0.6 is 0 Å². The van der Waals surface area contributed by atoms with Crippen LogP contribution in [0.25, 0.3) is 0 Å². The van der Waals surface area contributed by atoms with E-state index in [2.05, 4.69) is 10.6 Å². The van der Waals surface area contributed by atoms with E-state index in [-0.39, 0.29) is 25.0 Å². The van der Waals surface area contributed by atoms with E-state index in [1.165, 1.54) is 12.3 Å². The lowest BCUT2D eigenvalue weighted by Gasteiger charge is -2.29. The first-order chi connectivity index (χ1) is 21.4. The number of hydrogen-bond donors (Lipinski definition) is 3. The van der Waals surface area contributed by atoms with Crippen LogP contribution in [-0.2, 0) is 32.1 Å². The van der Waals surface area contributed by atoms with E-state index in [1.807, 2.05) is 43.3 Å². The second kappa shape index (κ2) is 15.7. The van der Waals surface area contributed by atoms with Gasteiger partial charge < -0.3 is 24.9 Å². The summed E-state index contributed by atoms with van der Waals surface area (Å²) in [4.78, 5) is 54.2. The van der Waals surface area contributed by atoms with Gasteiger partial charge in [0.15, 0.2) is 0 Å². The molecule has 4 rings (SSSR count). The minimum Gasteiger partial charge on any atom is -0.481 e. The second-order valence-electron chi connectivity index (χ2n) is 10.1. The highest BCUT2D eigenvalue weighted by atomic mass is 16.5. The molecule has 1 heterocycles. The number of carbonyl (C=O) groups is 4. The fourth-order valence-electron chi connectivity index (χ4n) is 4.79. The Morgan fingerprint density at radius 1 is 0.818 bits per heavy atom. The van der Waals surface area contributed by atoms with Crippen LogP contribution in [0.1, 0.15) is 36.1 Å². The van der Waals surface area contributed by atoms with E-state index in [0.29, 0.717) is 17.5 Å². The summed E-state index contributed by atoms with van der Waals surface area (Å²) in [6.07, 6.45) is 0.877. The van der Waals surface area contributed by atoms with Crippen LogP contribution in [0.2, 0.25) is 0 Å². The molecule has 228 valence electrons. The first-order valence-electron chi connectivity index (χ1n) is 14.3. The van der Waals surface area contributed by atoms with Crippen molar-refractivity contribution in [3.8, 4) is 0 Å². The van der Waals surface area contributed by atoms with E-state index in [0.717, 1.165) is 10.5 Å². The maximum Gasteiger partial charge on any atom is 0.408 e. The minimum atomic E-state index is -1.61. The van der Waals surface area contributed by atoms with E-state index in [4.69, 9.17) is 9.15 Å². The Kier molecular flexibility index (Phi) is 11.3. The van der Waals surface area contributed by atoms with Crippen molar-refractivity contribution >= 4 is 29.8 Å². The molecular formula is C34H35N3O7. The maximum atomic E-state index is 14.2. The molecule has 3 atom stereocenters. The number of carboxylic acid groups (broad SMARTS) is 1. The number of carbonyl (C=O) groups excluding carboxylic acids is 3. The van der Waals surface area contributed by atoms with Gasteiger partial charge in [0.25, 0.3) is 5.91 Å². The highest BCUT2D eigenvalue weighted by Crippen LogP contribution is 2.22. The van der Waals surface area contributed by atoms with Crippen LogP contribution in [0.15, 0.2) is 114 Å². The Morgan fingerprint density at radius 2 is 1.43 bits per heavy atom. The van der Waals surface area contributed by atoms with Gasteiger partial charge in [-0.1, -0.05) is 97.9 Å². The number of rotatable bonds is 14. The molecule has 0 radical (unpaired) electrons. The zero-order valence-electron chi connectivity index (χ0n) is 24.3. The molecule has 0 spiro atoms. The van der Waals surface area contributed by atoms with Crippen molar-refractivity contribution in [1.82, 2.24) is 10.6 Å². The number of hydrogen-bond acceptors (Lipinski definition) is 6. The van der Waals surface area contributed by atoms with E-state index < -0.39 is 42.4 Å². The van der Waals surface area contributed by atoms with Crippen molar-refractivity contribution in [2.45, 2.75) is 38.5 Å². The SMILES string of the molecule is CC[C@H](NC(=O)CN(C(=O)[C@@H](NC(=O)OCc1ccccc1)[C@H](Cc1ccccc1)C(=O)O)c1ccco1)c1ccccc1. The molecular weight excluding hydrogens is 562 g/mol. The molecule has 0 bridgehead atoms. The van der Waals surface area contributed by atoms with Crippen molar-refractivity contribution in [2.75, 3.05) is 11.4 Å². The highest BCUT2D eigenvalue weighted by Gasteiger charge is 2.40. The summed E-state index contributed by atoms with van der Waals surface area (Å²) < 4.78 is 10.8. The van der Waals surface area contributed by atoms with Gasteiger partial charge in [0.05, 0.1) is 18.2 Å². The van der Waals surface area contributed by atoms with Gasteiger partial charge in [-0.15, -0.1) is 0 Å². The number of nitrogens with zero attached hydrogens (tertiary/aromatic N) is 1. The summed E-state index contributed by atoms with van der Waals surface area (Å²) in [6, 6.07) is 28.2. The molecule has 3 amide bonds. The zero-order chi connectivity index (χ0) is 31.3. The predicted octanol–water partition coefficient (Wildman–Crippen LogP) is 5.12. The molecule has 3 aromatic carbocycles. The fourth-order valence-corrected chi connectivity index (χ4v) is 4.79. The van der Waals surface area contributed by atoms with Gasteiger partial charge in [-0.2, -0.15) is 0 Å². The highest BCUT2D eigenvalue weighted by molar-refractivity contribution is 6.03. The molecule has 4 aromatic rings. The zero-order valence-corrected chi connectivity index (χ0v) is 24.3. The smallest absolute Gasteiger partial charge is 0.408 e. The summed E-state index contributed by atoms with van der Waals surface area (Å²) in [5.41, 5.74) is 2.25. The average molecular weight is 598 g/mol. The summed E-state index contributed by atoms with van der Waals surface area (Å²) in [6.45, 7) is 1.35. The Balaban J connectivity index is 1.60. The van der Waals surface area contributed by atoms with Crippen LogP contribution in [0.5, 0.6) is 0 Å². The van der Waals surface area contributed by atoms with Crippen LogP contribution < -0.4 is 15.5 Å². The molecule has 0 saturated carbocycles. The van der Waals surface area contributed by atoms with Crippen molar-refractivity contribution in [3.05, 3.63) is 126 Å². The maximum absolute atomic E-state index is 14.2. The lowest BCUT2D eigenvalue weighted by molar-refractivity contribution is -0.145. The van der Waals surface area contributed by atoms with Gasteiger partial charge in [0.2, 0.25) is 11.8 Å². The predicted molar refractivity (Wildman–Crippen MR) is 164 cm³/mol. The first-order valence-corrected chi connectivity index (χ1v) is 14.3. The topological polar surface area (TPSA) is 138 Å². The van der Waals surface area contributed by atoms with Crippen molar-refractivity contribution in [2.24, 2.45) is 5.92 Å². The van der Waals surface area contributed by atoms with E-state index in [1.54, 1.807) is 60.7 Å². The van der Waals surface area contributed by atoms with Crippen molar-refractivity contribution in [3.63, 3.8) is 0 Å². The number of amides is 3. The van der Waals surface area contributed by atoms with Gasteiger partial charge in [-0.3, -0.25) is 19.3 Å². The van der Waals surface area contributed by atoms with Gasteiger partial charge in [-0.25, -0.2) is 4.79 Å². The molecule has 0 fully saturated rings. The second-order valence-corrected chi connectivity index (χ2v) is 10.1. The van der Waals surface area contributed by atoms with Crippen molar-refractivity contribution in [1.29, 1.82) is 0 Å². The molecule has 0 saturated heterocycles. The molecule has 0 aliphatic rings.